The predicted molar refractivity (Wildman–Crippen MR) is 124 cm³/mol. The number of nitrogens with two attached hydrogens (primary N) is 1. The Hall–Kier alpha value is -2.80. The Morgan fingerprint density at radius 1 is 1.29 bits per heavy atom. The highest BCUT2D eigenvalue weighted by molar-refractivity contribution is 7.13. The minimum absolute atomic E-state index is 0. The number of pyridine rings is 1. The topological polar surface area (TPSA) is 125 Å². The number of rotatable bonds is 4. The number of anilines is 2. The molecule has 8 nitrogen and oxygen atoms in total. The van der Waals surface area contributed by atoms with Crippen LogP contribution in [0.3, 0.4) is 0 Å². The van der Waals surface area contributed by atoms with E-state index in [-0.39, 0.29) is 23.9 Å². The maximum absolute atomic E-state index is 10.4. The fourth-order valence-electron chi connectivity index (χ4n) is 3.67. The fraction of sp³-hybridized carbons (Fsp3) is 0.381. The second-order valence-electron chi connectivity index (χ2n) is 8.02. The highest BCUT2D eigenvalue weighted by Gasteiger charge is 2.34. The predicted octanol–water partition coefficient (Wildman–Crippen LogP) is 3.44. The summed E-state index contributed by atoms with van der Waals surface area (Å²) in [6, 6.07) is 3.83. The average molecular weight is 458 g/mol. The molecule has 3 aromatic heterocycles. The van der Waals surface area contributed by atoms with Crippen LogP contribution in [0.15, 0.2) is 23.8 Å². The molecule has 0 aliphatic carbocycles. The Labute approximate surface area is 191 Å². The number of thiazole rings is 1. The van der Waals surface area contributed by atoms with Gasteiger partial charge in [-0.25, -0.2) is 15.0 Å². The van der Waals surface area contributed by atoms with Crippen LogP contribution in [0, 0.1) is 24.2 Å². The van der Waals surface area contributed by atoms with Crippen molar-refractivity contribution >= 4 is 35.2 Å². The van der Waals surface area contributed by atoms with Crippen molar-refractivity contribution in [2.45, 2.75) is 32.8 Å². The van der Waals surface area contributed by atoms with E-state index < -0.39 is 5.60 Å². The molecule has 1 aliphatic heterocycles. The molecule has 0 radical (unpaired) electrons. The molecule has 1 atom stereocenters. The van der Waals surface area contributed by atoms with Crippen LogP contribution in [-0.4, -0.2) is 43.7 Å². The summed E-state index contributed by atoms with van der Waals surface area (Å²) >= 11 is 1.45. The van der Waals surface area contributed by atoms with Crippen molar-refractivity contribution in [3.05, 3.63) is 35.1 Å². The van der Waals surface area contributed by atoms with Gasteiger partial charge in [-0.15, -0.1) is 23.7 Å². The number of nitriles is 1. The summed E-state index contributed by atoms with van der Waals surface area (Å²) in [5.41, 5.74) is 8.25. The van der Waals surface area contributed by atoms with Crippen LogP contribution in [-0.2, 0) is 0 Å². The lowest BCUT2D eigenvalue weighted by molar-refractivity contribution is 0.0263. The SMILES string of the molecule is Cc1ncc(N2CCC(C(C)(C)O)C2)nc1-c1nc(-c2nccs2)cc(N)c1C#N.Cl. The zero-order valence-electron chi connectivity index (χ0n) is 17.5. The number of hydrogen-bond donors (Lipinski definition) is 2. The summed E-state index contributed by atoms with van der Waals surface area (Å²) in [6.07, 6.45) is 4.31. The third kappa shape index (κ3) is 4.46. The quantitative estimate of drug-likeness (QED) is 0.610. The minimum Gasteiger partial charge on any atom is -0.398 e. The number of aliphatic hydroxyl groups is 1. The third-order valence-corrected chi connectivity index (χ3v) is 6.29. The van der Waals surface area contributed by atoms with E-state index in [9.17, 15) is 10.4 Å². The number of hydrogen-bond acceptors (Lipinski definition) is 9. The van der Waals surface area contributed by atoms with Gasteiger partial charge in [0.1, 0.15) is 39.5 Å². The van der Waals surface area contributed by atoms with Gasteiger partial charge in [0.2, 0.25) is 0 Å². The molecular weight excluding hydrogens is 434 g/mol. The van der Waals surface area contributed by atoms with Crippen molar-refractivity contribution < 1.29 is 5.11 Å². The van der Waals surface area contributed by atoms with E-state index in [0.717, 1.165) is 18.0 Å². The monoisotopic (exact) mass is 457 g/mol. The van der Waals surface area contributed by atoms with Gasteiger partial charge >= 0.3 is 0 Å². The largest absolute Gasteiger partial charge is 0.398 e. The standard InChI is InChI=1S/C21H23N7OS.ClH/c1-12-18(27-17(10-25-12)28-6-4-13(11-28)21(2,3)29)19-14(9-22)15(23)8-16(26-19)20-24-5-7-30-20;/h5,7-8,10,13,29H,4,6,11H2,1-3H3,(H2,23,26);1H. The number of nitrogen functional groups attached to an aromatic ring is 1. The average Bonchev–Trinajstić information content (AvgIpc) is 3.39. The molecule has 1 fully saturated rings. The number of halogens is 1. The summed E-state index contributed by atoms with van der Waals surface area (Å²) in [5, 5.41) is 22.6. The van der Waals surface area contributed by atoms with Crippen LogP contribution in [0.2, 0.25) is 0 Å². The van der Waals surface area contributed by atoms with Crippen LogP contribution < -0.4 is 10.6 Å². The summed E-state index contributed by atoms with van der Waals surface area (Å²) in [7, 11) is 0. The van der Waals surface area contributed by atoms with Gasteiger partial charge in [-0.1, -0.05) is 0 Å². The molecule has 1 saturated heterocycles. The van der Waals surface area contributed by atoms with Crippen LogP contribution >= 0.6 is 23.7 Å². The summed E-state index contributed by atoms with van der Waals surface area (Å²) in [6.45, 7) is 6.99. The maximum Gasteiger partial charge on any atom is 0.147 e. The van der Waals surface area contributed by atoms with E-state index in [4.69, 9.17) is 10.7 Å². The van der Waals surface area contributed by atoms with Crippen LogP contribution in [0.5, 0.6) is 0 Å². The number of nitrogens with zero attached hydrogens (tertiary/aromatic N) is 6. The van der Waals surface area contributed by atoms with Crippen molar-refractivity contribution in [3.63, 3.8) is 0 Å². The summed E-state index contributed by atoms with van der Waals surface area (Å²) in [4.78, 5) is 20.4. The highest BCUT2D eigenvalue weighted by atomic mass is 35.5. The zero-order chi connectivity index (χ0) is 21.5. The lowest BCUT2D eigenvalue weighted by atomic mass is 9.90. The van der Waals surface area contributed by atoms with Gasteiger partial charge in [-0.05, 0) is 33.3 Å². The third-order valence-electron chi connectivity index (χ3n) is 5.49. The molecule has 10 heteroatoms. The Balaban J connectivity index is 0.00000272. The van der Waals surface area contributed by atoms with Gasteiger partial charge in [0.05, 0.1) is 23.2 Å². The van der Waals surface area contributed by atoms with Crippen LogP contribution in [0.25, 0.3) is 22.1 Å². The van der Waals surface area contributed by atoms with E-state index in [0.29, 0.717) is 40.8 Å². The molecular formula is C21H24ClN7OS. The van der Waals surface area contributed by atoms with Crippen molar-refractivity contribution in [1.82, 2.24) is 19.9 Å². The first-order chi connectivity index (χ1) is 14.3. The Morgan fingerprint density at radius 2 is 2.06 bits per heavy atom. The molecule has 0 saturated carbocycles. The molecule has 0 bridgehead atoms. The van der Waals surface area contributed by atoms with E-state index >= 15 is 0 Å². The normalized spacial score (nSPS) is 16.1. The Kier molecular flexibility index (Phi) is 6.46. The molecule has 3 aromatic rings. The molecule has 3 N–H and O–H groups in total. The second-order valence-corrected chi connectivity index (χ2v) is 8.91. The number of aromatic nitrogens is 4. The van der Waals surface area contributed by atoms with E-state index in [1.165, 1.54) is 11.3 Å². The summed E-state index contributed by atoms with van der Waals surface area (Å²) < 4.78 is 0. The summed E-state index contributed by atoms with van der Waals surface area (Å²) in [5.74, 6) is 0.854. The molecule has 0 aromatic carbocycles. The second kappa shape index (κ2) is 8.75. The molecule has 4 heterocycles. The smallest absolute Gasteiger partial charge is 0.147 e. The van der Waals surface area contributed by atoms with Crippen molar-refractivity contribution in [3.8, 4) is 28.2 Å². The number of aryl methyl sites for hydroxylation is 1. The molecule has 31 heavy (non-hydrogen) atoms. The molecule has 0 amide bonds. The van der Waals surface area contributed by atoms with E-state index in [2.05, 4.69) is 25.9 Å². The van der Waals surface area contributed by atoms with Gasteiger partial charge in [-0.2, -0.15) is 5.26 Å². The lowest BCUT2D eigenvalue weighted by Crippen LogP contribution is -2.33. The first-order valence-corrected chi connectivity index (χ1v) is 10.6. The van der Waals surface area contributed by atoms with Gasteiger partial charge in [-0.3, -0.25) is 4.98 Å². The van der Waals surface area contributed by atoms with Gasteiger partial charge in [0.15, 0.2) is 0 Å². The molecule has 1 unspecified atom stereocenters. The van der Waals surface area contributed by atoms with Crippen molar-refractivity contribution in [1.29, 1.82) is 5.26 Å². The lowest BCUT2D eigenvalue weighted by Gasteiger charge is -2.26. The van der Waals surface area contributed by atoms with Crippen molar-refractivity contribution in [2.24, 2.45) is 5.92 Å². The minimum atomic E-state index is -0.748. The van der Waals surface area contributed by atoms with Gasteiger partial charge in [0.25, 0.3) is 0 Å². The first-order valence-electron chi connectivity index (χ1n) is 9.69. The van der Waals surface area contributed by atoms with E-state index in [1.807, 2.05) is 26.2 Å². The highest BCUT2D eigenvalue weighted by Crippen LogP contribution is 2.34. The molecule has 4 rings (SSSR count). The van der Waals surface area contributed by atoms with E-state index in [1.54, 1.807) is 18.5 Å². The Bertz CT molecular complexity index is 1120. The first kappa shape index (κ1) is 22.9. The van der Waals surface area contributed by atoms with Gasteiger partial charge in [0, 0.05) is 30.6 Å². The molecule has 1 aliphatic rings. The Morgan fingerprint density at radius 3 is 2.68 bits per heavy atom. The van der Waals surface area contributed by atoms with Crippen LogP contribution in [0.4, 0.5) is 11.5 Å². The van der Waals surface area contributed by atoms with Crippen molar-refractivity contribution in [2.75, 3.05) is 23.7 Å². The molecule has 162 valence electrons. The molecule has 0 spiro atoms. The fourth-order valence-corrected chi connectivity index (χ4v) is 4.27. The van der Waals surface area contributed by atoms with Crippen LogP contribution in [0.1, 0.15) is 31.5 Å². The zero-order valence-corrected chi connectivity index (χ0v) is 19.2. The maximum atomic E-state index is 10.4. The van der Waals surface area contributed by atoms with Gasteiger partial charge < -0.3 is 15.7 Å².